The maximum absolute atomic E-state index is 12.1. The van der Waals surface area contributed by atoms with E-state index in [1.807, 2.05) is 0 Å². The van der Waals surface area contributed by atoms with Crippen LogP contribution in [0.3, 0.4) is 0 Å². The van der Waals surface area contributed by atoms with E-state index in [9.17, 15) is 4.79 Å². The molecule has 0 radical (unpaired) electrons. The van der Waals surface area contributed by atoms with Gasteiger partial charge in [0.05, 0.1) is 6.54 Å². The van der Waals surface area contributed by atoms with Crippen molar-refractivity contribution in [3.05, 3.63) is 5.89 Å². The Balaban J connectivity index is 1.57. The van der Waals surface area contributed by atoms with E-state index in [1.165, 1.54) is 25.7 Å². The van der Waals surface area contributed by atoms with Gasteiger partial charge in [0, 0.05) is 19.0 Å². The quantitative estimate of drug-likeness (QED) is 0.859. The summed E-state index contributed by atoms with van der Waals surface area (Å²) in [5.74, 6) is 0.375. The standard InChI is InChI=1S/C14H23N5O2/c1-10-17-18-14(21-10)16-13(20)9-19-8-3-2-6-12(19)11-5-4-7-15-11/h11-12,15H,2-9H2,1H3,(H,16,18,20). The van der Waals surface area contributed by atoms with Crippen LogP contribution in [0.1, 0.15) is 38.0 Å². The minimum atomic E-state index is -0.0800. The molecule has 3 heterocycles. The van der Waals surface area contributed by atoms with Gasteiger partial charge in [0.1, 0.15) is 0 Å². The highest BCUT2D eigenvalue weighted by Gasteiger charge is 2.32. The Hall–Kier alpha value is -1.47. The van der Waals surface area contributed by atoms with E-state index in [4.69, 9.17) is 4.42 Å². The number of nitrogens with zero attached hydrogens (tertiary/aromatic N) is 3. The van der Waals surface area contributed by atoms with E-state index in [-0.39, 0.29) is 11.9 Å². The van der Waals surface area contributed by atoms with Crippen molar-refractivity contribution in [1.82, 2.24) is 20.4 Å². The number of aryl methyl sites for hydroxylation is 1. The first-order valence-electron chi connectivity index (χ1n) is 7.80. The van der Waals surface area contributed by atoms with Crippen molar-refractivity contribution < 1.29 is 9.21 Å². The van der Waals surface area contributed by atoms with Crippen molar-refractivity contribution in [3.63, 3.8) is 0 Å². The maximum atomic E-state index is 12.1. The predicted octanol–water partition coefficient (Wildman–Crippen LogP) is 0.923. The summed E-state index contributed by atoms with van der Waals surface area (Å²) in [6.45, 7) is 4.18. The molecule has 2 aliphatic heterocycles. The lowest BCUT2D eigenvalue weighted by atomic mass is 9.94. The van der Waals surface area contributed by atoms with Crippen LogP contribution in [0.5, 0.6) is 0 Å². The molecule has 0 spiro atoms. The Morgan fingerprint density at radius 3 is 3.00 bits per heavy atom. The number of amides is 1. The third-order valence-corrected chi connectivity index (χ3v) is 4.35. The Morgan fingerprint density at radius 2 is 2.29 bits per heavy atom. The number of nitrogens with one attached hydrogen (secondary N) is 2. The zero-order chi connectivity index (χ0) is 14.7. The normalized spacial score (nSPS) is 26.9. The molecule has 2 N–H and O–H groups in total. The van der Waals surface area contributed by atoms with Gasteiger partial charge in [0.15, 0.2) is 0 Å². The number of rotatable bonds is 4. The highest BCUT2D eigenvalue weighted by atomic mass is 16.4. The third kappa shape index (κ3) is 3.59. The molecule has 2 atom stereocenters. The van der Waals surface area contributed by atoms with Crippen LogP contribution in [0.15, 0.2) is 4.42 Å². The first kappa shape index (κ1) is 14.5. The summed E-state index contributed by atoms with van der Waals surface area (Å²) < 4.78 is 5.18. The molecule has 7 nitrogen and oxygen atoms in total. The smallest absolute Gasteiger partial charge is 0.322 e. The summed E-state index contributed by atoms with van der Waals surface area (Å²) in [4.78, 5) is 14.4. The largest absolute Gasteiger partial charge is 0.408 e. The minimum absolute atomic E-state index is 0.0800. The number of carbonyl (C=O) groups is 1. The van der Waals surface area contributed by atoms with Crippen LogP contribution in [0.25, 0.3) is 0 Å². The van der Waals surface area contributed by atoms with E-state index < -0.39 is 0 Å². The number of carbonyl (C=O) groups excluding carboxylic acids is 1. The zero-order valence-electron chi connectivity index (χ0n) is 12.5. The topological polar surface area (TPSA) is 83.3 Å². The van der Waals surface area contributed by atoms with Gasteiger partial charge in [0.25, 0.3) is 0 Å². The molecule has 0 saturated carbocycles. The molecule has 2 fully saturated rings. The lowest BCUT2D eigenvalue weighted by Crippen LogP contribution is -2.52. The van der Waals surface area contributed by atoms with E-state index in [1.54, 1.807) is 6.92 Å². The van der Waals surface area contributed by atoms with Gasteiger partial charge in [-0.25, -0.2) is 0 Å². The molecular formula is C14H23N5O2. The predicted molar refractivity (Wildman–Crippen MR) is 77.9 cm³/mol. The highest BCUT2D eigenvalue weighted by Crippen LogP contribution is 2.24. The Bertz CT molecular complexity index is 483. The lowest BCUT2D eigenvalue weighted by molar-refractivity contribution is -0.118. The number of hydrogen-bond acceptors (Lipinski definition) is 6. The molecule has 3 rings (SSSR count). The van der Waals surface area contributed by atoms with Crippen LogP contribution < -0.4 is 10.6 Å². The Kier molecular flexibility index (Phi) is 4.50. The molecule has 2 aliphatic rings. The van der Waals surface area contributed by atoms with Crippen LogP contribution in [0.2, 0.25) is 0 Å². The van der Waals surface area contributed by atoms with Gasteiger partial charge in [0.2, 0.25) is 11.8 Å². The van der Waals surface area contributed by atoms with Crippen molar-refractivity contribution in [2.45, 2.75) is 51.1 Å². The van der Waals surface area contributed by atoms with Gasteiger partial charge in [-0.15, -0.1) is 5.10 Å². The molecule has 2 unspecified atom stereocenters. The zero-order valence-corrected chi connectivity index (χ0v) is 12.5. The van der Waals surface area contributed by atoms with Crippen molar-refractivity contribution in [2.24, 2.45) is 0 Å². The van der Waals surface area contributed by atoms with E-state index in [2.05, 4.69) is 25.7 Å². The molecule has 7 heteroatoms. The fourth-order valence-corrected chi connectivity index (χ4v) is 3.40. The van der Waals surface area contributed by atoms with Crippen LogP contribution in [0.4, 0.5) is 6.01 Å². The SMILES string of the molecule is Cc1nnc(NC(=O)CN2CCCCC2C2CCCN2)o1. The number of hydrogen-bond donors (Lipinski definition) is 2. The number of aromatic nitrogens is 2. The van der Waals surface area contributed by atoms with Crippen LogP contribution in [0, 0.1) is 6.92 Å². The Labute approximate surface area is 124 Å². The first-order chi connectivity index (χ1) is 10.2. The highest BCUT2D eigenvalue weighted by molar-refractivity contribution is 5.90. The van der Waals surface area contributed by atoms with Gasteiger partial charge in [-0.05, 0) is 38.8 Å². The van der Waals surface area contributed by atoms with Gasteiger partial charge in [-0.2, -0.15) is 0 Å². The number of piperidine rings is 1. The second kappa shape index (κ2) is 6.53. The first-order valence-corrected chi connectivity index (χ1v) is 7.80. The third-order valence-electron chi connectivity index (χ3n) is 4.35. The summed E-state index contributed by atoms with van der Waals surface area (Å²) in [7, 11) is 0. The number of likely N-dealkylation sites (tertiary alicyclic amines) is 1. The van der Waals surface area contributed by atoms with E-state index in [0.29, 0.717) is 24.5 Å². The average Bonchev–Trinajstić information content (AvgIpc) is 3.11. The van der Waals surface area contributed by atoms with Crippen molar-refractivity contribution in [1.29, 1.82) is 0 Å². The maximum Gasteiger partial charge on any atom is 0.322 e. The fourth-order valence-electron chi connectivity index (χ4n) is 3.40. The second-order valence-corrected chi connectivity index (χ2v) is 5.91. The van der Waals surface area contributed by atoms with Gasteiger partial charge >= 0.3 is 6.01 Å². The average molecular weight is 293 g/mol. The molecule has 21 heavy (non-hydrogen) atoms. The molecular weight excluding hydrogens is 270 g/mol. The summed E-state index contributed by atoms with van der Waals surface area (Å²) >= 11 is 0. The van der Waals surface area contributed by atoms with Gasteiger partial charge in [-0.3, -0.25) is 15.0 Å². The fraction of sp³-hybridized carbons (Fsp3) is 0.786. The molecule has 0 aromatic carbocycles. The summed E-state index contributed by atoms with van der Waals surface area (Å²) in [5.41, 5.74) is 0. The second-order valence-electron chi connectivity index (χ2n) is 5.91. The number of anilines is 1. The Morgan fingerprint density at radius 1 is 1.38 bits per heavy atom. The van der Waals surface area contributed by atoms with Crippen LogP contribution in [-0.4, -0.2) is 52.7 Å². The molecule has 1 amide bonds. The molecule has 116 valence electrons. The minimum Gasteiger partial charge on any atom is -0.408 e. The molecule has 0 bridgehead atoms. The van der Waals surface area contributed by atoms with Crippen LogP contribution in [-0.2, 0) is 4.79 Å². The van der Waals surface area contributed by atoms with Gasteiger partial charge < -0.3 is 9.73 Å². The molecule has 1 aromatic heterocycles. The molecule has 0 aliphatic carbocycles. The molecule has 2 saturated heterocycles. The summed E-state index contributed by atoms with van der Waals surface area (Å²) in [6, 6.07) is 1.19. The lowest BCUT2D eigenvalue weighted by Gasteiger charge is -2.38. The van der Waals surface area contributed by atoms with Crippen LogP contribution >= 0.6 is 0 Å². The summed E-state index contributed by atoms with van der Waals surface area (Å²) in [5, 5.41) is 13.8. The van der Waals surface area contributed by atoms with E-state index in [0.717, 1.165) is 19.5 Å². The summed E-state index contributed by atoms with van der Waals surface area (Å²) in [6.07, 6.45) is 6.04. The molecule has 1 aromatic rings. The van der Waals surface area contributed by atoms with Gasteiger partial charge in [-0.1, -0.05) is 11.5 Å². The van der Waals surface area contributed by atoms with Crippen molar-refractivity contribution in [3.8, 4) is 0 Å². The van der Waals surface area contributed by atoms with E-state index >= 15 is 0 Å². The van der Waals surface area contributed by atoms with Crippen molar-refractivity contribution in [2.75, 3.05) is 25.0 Å². The van der Waals surface area contributed by atoms with Crippen molar-refractivity contribution >= 4 is 11.9 Å². The monoisotopic (exact) mass is 293 g/mol.